The molecule has 1 saturated heterocycles. The monoisotopic (exact) mass is 363 g/mol. The van der Waals surface area contributed by atoms with Crippen LogP contribution in [-0.2, 0) is 0 Å². The first-order chi connectivity index (χ1) is 12.1. The molecule has 136 valence electrons. The molecule has 0 spiro atoms. The molecule has 3 rings (SSSR count). The standard InChI is InChI=1S/C19H26FN3OS/c20-17-9-5-4-8-16(17)18(24)21-15-10-12-23(13-11-15)19(25)22-14-6-2-1-3-7-14/h4-5,8-9,14-15H,1-3,6-7,10-13H2,(H,21,24)(H,22,25). The average Bonchev–Trinajstić information content (AvgIpc) is 2.63. The fourth-order valence-electron chi connectivity index (χ4n) is 3.65. The molecule has 1 aliphatic heterocycles. The number of carbonyl (C=O) groups is 1. The van der Waals surface area contributed by atoms with Gasteiger partial charge in [0.1, 0.15) is 5.82 Å². The van der Waals surface area contributed by atoms with Gasteiger partial charge in [-0.15, -0.1) is 0 Å². The highest BCUT2D eigenvalue weighted by Crippen LogP contribution is 2.18. The number of hydrogen-bond donors (Lipinski definition) is 2. The summed E-state index contributed by atoms with van der Waals surface area (Å²) in [5, 5.41) is 7.28. The number of nitrogens with zero attached hydrogens (tertiary/aromatic N) is 1. The molecule has 2 N–H and O–H groups in total. The summed E-state index contributed by atoms with van der Waals surface area (Å²) in [6.45, 7) is 1.64. The Morgan fingerprint density at radius 2 is 1.64 bits per heavy atom. The molecule has 0 unspecified atom stereocenters. The number of hydrogen-bond acceptors (Lipinski definition) is 2. The lowest BCUT2D eigenvalue weighted by molar-refractivity contribution is 0.0918. The molecule has 0 radical (unpaired) electrons. The molecule has 0 bridgehead atoms. The predicted molar refractivity (Wildman–Crippen MR) is 101 cm³/mol. The van der Waals surface area contributed by atoms with Crippen LogP contribution in [0.4, 0.5) is 4.39 Å². The normalized spacial score (nSPS) is 19.5. The third-order valence-electron chi connectivity index (χ3n) is 5.17. The van der Waals surface area contributed by atoms with Crippen LogP contribution in [0.5, 0.6) is 0 Å². The summed E-state index contributed by atoms with van der Waals surface area (Å²) in [5.41, 5.74) is 0.111. The van der Waals surface area contributed by atoms with E-state index < -0.39 is 5.82 Å². The highest BCUT2D eigenvalue weighted by atomic mass is 32.1. The number of carbonyl (C=O) groups excluding carboxylic acids is 1. The summed E-state index contributed by atoms with van der Waals surface area (Å²) in [6.07, 6.45) is 7.96. The van der Waals surface area contributed by atoms with Crippen LogP contribution in [0.3, 0.4) is 0 Å². The molecule has 2 aliphatic rings. The van der Waals surface area contributed by atoms with E-state index in [0.29, 0.717) is 6.04 Å². The van der Waals surface area contributed by atoms with Gasteiger partial charge in [-0.25, -0.2) is 4.39 Å². The molecular weight excluding hydrogens is 337 g/mol. The van der Waals surface area contributed by atoms with E-state index in [0.717, 1.165) is 31.0 Å². The van der Waals surface area contributed by atoms with Crippen molar-refractivity contribution in [2.24, 2.45) is 0 Å². The zero-order chi connectivity index (χ0) is 17.6. The fourth-order valence-corrected chi connectivity index (χ4v) is 4.00. The van der Waals surface area contributed by atoms with Gasteiger partial charge in [0.05, 0.1) is 5.56 Å². The number of benzene rings is 1. The second-order valence-corrected chi connectivity index (χ2v) is 7.39. The number of halogens is 1. The van der Waals surface area contributed by atoms with E-state index in [2.05, 4.69) is 15.5 Å². The SMILES string of the molecule is O=C(NC1CCN(C(=S)NC2CCCCC2)CC1)c1ccccc1F. The second kappa shape index (κ2) is 8.61. The summed E-state index contributed by atoms with van der Waals surface area (Å²) < 4.78 is 13.7. The summed E-state index contributed by atoms with van der Waals surface area (Å²) in [4.78, 5) is 14.4. The first-order valence-corrected chi connectivity index (χ1v) is 9.65. The quantitative estimate of drug-likeness (QED) is 0.810. The molecule has 1 aromatic carbocycles. The molecule has 1 saturated carbocycles. The van der Waals surface area contributed by atoms with Crippen LogP contribution in [0.2, 0.25) is 0 Å². The lowest BCUT2D eigenvalue weighted by Crippen LogP contribution is -2.51. The molecule has 1 aromatic rings. The molecule has 2 fully saturated rings. The minimum absolute atomic E-state index is 0.0702. The van der Waals surface area contributed by atoms with E-state index >= 15 is 0 Å². The van der Waals surface area contributed by atoms with E-state index in [9.17, 15) is 9.18 Å². The Hall–Kier alpha value is -1.69. The zero-order valence-electron chi connectivity index (χ0n) is 14.5. The molecule has 6 heteroatoms. The van der Waals surface area contributed by atoms with E-state index in [4.69, 9.17) is 12.2 Å². The van der Waals surface area contributed by atoms with E-state index in [1.54, 1.807) is 12.1 Å². The number of nitrogens with one attached hydrogen (secondary N) is 2. The van der Waals surface area contributed by atoms with Gasteiger partial charge in [-0.2, -0.15) is 0 Å². The predicted octanol–water partition coefficient (Wildman–Crippen LogP) is 3.23. The van der Waals surface area contributed by atoms with E-state index in [1.165, 1.54) is 44.2 Å². The second-order valence-electron chi connectivity index (χ2n) is 7.00. The van der Waals surface area contributed by atoms with E-state index in [1.807, 2.05) is 0 Å². The van der Waals surface area contributed by atoms with Gasteiger partial charge >= 0.3 is 0 Å². The van der Waals surface area contributed by atoms with Crippen molar-refractivity contribution in [2.75, 3.05) is 13.1 Å². The Kier molecular flexibility index (Phi) is 6.24. The molecule has 4 nitrogen and oxygen atoms in total. The Morgan fingerprint density at radius 1 is 1.00 bits per heavy atom. The van der Waals surface area contributed by atoms with Gasteiger partial charge in [-0.1, -0.05) is 31.4 Å². The Balaban J connectivity index is 1.44. The van der Waals surface area contributed by atoms with Gasteiger partial charge in [0.2, 0.25) is 0 Å². The maximum absolute atomic E-state index is 13.7. The summed E-state index contributed by atoms with van der Waals surface area (Å²) in [5.74, 6) is -0.810. The van der Waals surface area contributed by atoms with Crippen LogP contribution in [0.1, 0.15) is 55.3 Å². The molecule has 25 heavy (non-hydrogen) atoms. The lowest BCUT2D eigenvalue weighted by atomic mass is 9.96. The van der Waals surface area contributed by atoms with Crippen LogP contribution >= 0.6 is 12.2 Å². The first-order valence-electron chi connectivity index (χ1n) is 9.24. The Bertz CT molecular complexity index is 610. The highest BCUT2D eigenvalue weighted by molar-refractivity contribution is 7.80. The molecule has 1 aliphatic carbocycles. The zero-order valence-corrected chi connectivity index (χ0v) is 15.3. The van der Waals surface area contributed by atoms with E-state index in [-0.39, 0.29) is 17.5 Å². The summed E-state index contributed by atoms with van der Waals surface area (Å²) >= 11 is 5.55. The Labute approximate surface area is 154 Å². The molecule has 0 aromatic heterocycles. The Morgan fingerprint density at radius 3 is 2.32 bits per heavy atom. The minimum Gasteiger partial charge on any atom is -0.360 e. The number of likely N-dealkylation sites (tertiary alicyclic amines) is 1. The number of amides is 1. The van der Waals surface area contributed by atoms with Crippen molar-refractivity contribution in [2.45, 2.75) is 57.0 Å². The number of piperidine rings is 1. The van der Waals surface area contributed by atoms with Crippen molar-refractivity contribution in [3.63, 3.8) is 0 Å². The van der Waals surface area contributed by atoms with Crippen molar-refractivity contribution < 1.29 is 9.18 Å². The van der Waals surface area contributed by atoms with Crippen molar-refractivity contribution in [3.05, 3.63) is 35.6 Å². The highest BCUT2D eigenvalue weighted by Gasteiger charge is 2.24. The number of rotatable bonds is 3. The molecular formula is C19H26FN3OS. The van der Waals surface area contributed by atoms with Crippen LogP contribution in [0, 0.1) is 5.82 Å². The fraction of sp³-hybridized carbons (Fsp3) is 0.579. The lowest BCUT2D eigenvalue weighted by Gasteiger charge is -2.36. The van der Waals surface area contributed by atoms with Gasteiger partial charge in [0, 0.05) is 25.2 Å². The van der Waals surface area contributed by atoms with Crippen molar-refractivity contribution >= 4 is 23.2 Å². The van der Waals surface area contributed by atoms with Gasteiger partial charge in [0.15, 0.2) is 5.11 Å². The van der Waals surface area contributed by atoms with Crippen molar-refractivity contribution in [3.8, 4) is 0 Å². The largest absolute Gasteiger partial charge is 0.360 e. The third kappa shape index (κ3) is 4.91. The number of thiocarbonyl (C=S) groups is 1. The maximum atomic E-state index is 13.7. The van der Waals surface area contributed by atoms with Crippen LogP contribution in [-0.4, -0.2) is 41.1 Å². The van der Waals surface area contributed by atoms with Gasteiger partial charge in [0.25, 0.3) is 5.91 Å². The molecule has 1 amide bonds. The third-order valence-corrected chi connectivity index (χ3v) is 5.54. The smallest absolute Gasteiger partial charge is 0.254 e. The van der Waals surface area contributed by atoms with Crippen LogP contribution in [0.25, 0.3) is 0 Å². The minimum atomic E-state index is -0.477. The summed E-state index contributed by atoms with van der Waals surface area (Å²) in [7, 11) is 0. The van der Waals surface area contributed by atoms with Crippen LogP contribution in [0.15, 0.2) is 24.3 Å². The molecule has 1 heterocycles. The van der Waals surface area contributed by atoms with Crippen molar-refractivity contribution in [1.82, 2.24) is 15.5 Å². The van der Waals surface area contributed by atoms with Gasteiger partial charge in [-0.05, 0) is 50.0 Å². The van der Waals surface area contributed by atoms with Crippen LogP contribution < -0.4 is 10.6 Å². The van der Waals surface area contributed by atoms with Gasteiger partial charge in [-0.3, -0.25) is 4.79 Å². The first kappa shape index (κ1) is 18.1. The molecule has 0 atom stereocenters. The van der Waals surface area contributed by atoms with Gasteiger partial charge < -0.3 is 15.5 Å². The summed E-state index contributed by atoms with van der Waals surface area (Å²) in [6, 6.07) is 6.68. The maximum Gasteiger partial charge on any atom is 0.254 e. The van der Waals surface area contributed by atoms with Crippen molar-refractivity contribution in [1.29, 1.82) is 0 Å². The topological polar surface area (TPSA) is 44.4 Å². The average molecular weight is 364 g/mol.